The Morgan fingerprint density at radius 2 is 2.14 bits per heavy atom. The molecule has 2 aromatic rings. The second-order valence-electron chi connectivity index (χ2n) is 4.88. The Morgan fingerprint density at radius 3 is 2.77 bits per heavy atom. The molecule has 0 fully saturated rings. The van der Waals surface area contributed by atoms with Crippen LogP contribution in [0.4, 0.5) is 5.69 Å². The first kappa shape index (κ1) is 16.0. The summed E-state index contributed by atoms with van der Waals surface area (Å²) in [4.78, 5) is 28.7. The lowest BCUT2D eigenvalue weighted by molar-refractivity contribution is 0.0690. The second kappa shape index (κ2) is 7.04. The van der Waals surface area contributed by atoms with E-state index in [2.05, 4.69) is 10.3 Å². The van der Waals surface area contributed by atoms with E-state index in [1.54, 1.807) is 6.07 Å². The minimum absolute atomic E-state index is 0.0463. The third-order valence-corrected chi connectivity index (χ3v) is 3.93. The summed E-state index contributed by atoms with van der Waals surface area (Å²) < 4.78 is 0. The Hall–Kier alpha value is -2.41. The van der Waals surface area contributed by atoms with Crippen LogP contribution in [0, 0.1) is 0 Å². The van der Waals surface area contributed by atoms with E-state index < -0.39 is 5.97 Å². The highest BCUT2D eigenvalue weighted by atomic mass is 32.1. The quantitative estimate of drug-likeness (QED) is 0.849. The number of nitrogens with zero attached hydrogens (tertiary/aromatic N) is 2. The molecule has 7 heteroatoms. The number of carboxylic acids is 1. The lowest BCUT2D eigenvalue weighted by Gasteiger charge is -2.13. The maximum atomic E-state index is 12.1. The van der Waals surface area contributed by atoms with Crippen molar-refractivity contribution in [1.29, 1.82) is 0 Å². The van der Waals surface area contributed by atoms with E-state index in [1.807, 2.05) is 37.2 Å². The molecular weight excluding hydrogens is 302 g/mol. The molecule has 2 N–H and O–H groups in total. The molecule has 0 radical (unpaired) electrons. The molecule has 6 nitrogen and oxygen atoms in total. The summed E-state index contributed by atoms with van der Waals surface area (Å²) in [6.07, 6.45) is 0.511. The second-order valence-corrected chi connectivity index (χ2v) is 5.82. The first-order valence-electron chi connectivity index (χ1n) is 6.70. The minimum atomic E-state index is -1.04. The van der Waals surface area contributed by atoms with E-state index in [9.17, 15) is 9.59 Å². The number of aromatic carboxylic acids is 1. The Kier molecular flexibility index (Phi) is 5.11. The smallest absolute Gasteiger partial charge is 0.355 e. The van der Waals surface area contributed by atoms with Crippen molar-refractivity contribution in [3.8, 4) is 0 Å². The molecule has 1 aromatic heterocycles. The number of hydrogen-bond donors (Lipinski definition) is 2. The summed E-state index contributed by atoms with van der Waals surface area (Å²) in [5.74, 6) is -1.19. The number of aromatic nitrogens is 1. The third-order valence-electron chi connectivity index (χ3n) is 3.02. The number of nitrogens with one attached hydrogen (secondary N) is 1. The van der Waals surface area contributed by atoms with Crippen molar-refractivity contribution >= 4 is 28.9 Å². The largest absolute Gasteiger partial charge is 0.476 e. The average molecular weight is 319 g/mol. The fraction of sp³-hybridized carbons (Fsp3) is 0.267. The standard InChI is InChI=1S/C15H17N3O3S/c1-18(2)11-5-3-4-10(8-11)14(19)16-7-6-13-17-12(9-22-13)15(20)21/h3-5,8-9H,6-7H2,1-2H3,(H,16,19)(H,20,21). The van der Waals surface area contributed by atoms with Crippen LogP contribution in [-0.4, -0.2) is 42.6 Å². The van der Waals surface area contributed by atoms with E-state index in [0.717, 1.165) is 5.69 Å². The molecule has 2 rings (SSSR count). The van der Waals surface area contributed by atoms with Gasteiger partial charge in [-0.25, -0.2) is 9.78 Å². The highest BCUT2D eigenvalue weighted by Gasteiger charge is 2.10. The highest BCUT2D eigenvalue weighted by molar-refractivity contribution is 7.09. The molecule has 0 saturated carbocycles. The lowest BCUT2D eigenvalue weighted by atomic mass is 10.2. The summed E-state index contributed by atoms with van der Waals surface area (Å²) in [5, 5.41) is 13.8. The molecule has 0 atom stereocenters. The molecule has 22 heavy (non-hydrogen) atoms. The Labute approximate surface area is 132 Å². The lowest BCUT2D eigenvalue weighted by Crippen LogP contribution is -2.26. The Morgan fingerprint density at radius 1 is 1.36 bits per heavy atom. The van der Waals surface area contributed by atoms with Gasteiger partial charge in [0.2, 0.25) is 0 Å². The van der Waals surface area contributed by atoms with E-state index in [1.165, 1.54) is 16.7 Å². The summed E-state index contributed by atoms with van der Waals surface area (Å²) >= 11 is 1.28. The molecule has 1 heterocycles. The summed E-state index contributed by atoms with van der Waals surface area (Å²) in [5.41, 5.74) is 1.60. The molecule has 0 saturated heterocycles. The zero-order valence-corrected chi connectivity index (χ0v) is 13.2. The molecule has 0 spiro atoms. The van der Waals surface area contributed by atoms with Gasteiger partial charge in [-0.3, -0.25) is 4.79 Å². The van der Waals surface area contributed by atoms with E-state index in [4.69, 9.17) is 5.11 Å². The van der Waals surface area contributed by atoms with Crippen LogP contribution in [0.3, 0.4) is 0 Å². The fourth-order valence-electron chi connectivity index (χ4n) is 1.83. The summed E-state index contributed by atoms with van der Waals surface area (Å²) in [6.45, 7) is 0.414. The topological polar surface area (TPSA) is 82.5 Å². The molecule has 0 aliphatic carbocycles. The van der Waals surface area contributed by atoms with Crippen molar-refractivity contribution in [2.45, 2.75) is 6.42 Å². The molecule has 0 bridgehead atoms. The highest BCUT2D eigenvalue weighted by Crippen LogP contribution is 2.13. The van der Waals surface area contributed by atoms with Crippen LogP contribution < -0.4 is 10.2 Å². The third kappa shape index (κ3) is 4.05. The SMILES string of the molecule is CN(C)c1cccc(C(=O)NCCc2nc(C(=O)O)cs2)c1. The number of thiazole rings is 1. The van der Waals surface area contributed by atoms with Gasteiger partial charge in [-0.05, 0) is 18.2 Å². The van der Waals surface area contributed by atoms with Crippen molar-refractivity contribution in [2.24, 2.45) is 0 Å². The summed E-state index contributed by atoms with van der Waals surface area (Å²) in [7, 11) is 3.83. The number of carboxylic acid groups (broad SMARTS) is 1. The van der Waals surface area contributed by atoms with Gasteiger partial charge in [-0.1, -0.05) is 6.07 Å². The molecule has 0 unspecified atom stereocenters. The summed E-state index contributed by atoms with van der Waals surface area (Å²) in [6, 6.07) is 7.35. The predicted octanol–water partition coefficient (Wildman–Crippen LogP) is 1.88. The molecule has 0 aliphatic heterocycles. The van der Waals surface area contributed by atoms with Gasteiger partial charge in [-0.15, -0.1) is 11.3 Å². The van der Waals surface area contributed by atoms with Gasteiger partial charge in [0.15, 0.2) is 5.69 Å². The van der Waals surface area contributed by atoms with Crippen molar-refractivity contribution in [2.75, 3.05) is 25.5 Å². The molecule has 1 amide bonds. The van der Waals surface area contributed by atoms with Crippen molar-refractivity contribution in [3.63, 3.8) is 0 Å². The van der Waals surface area contributed by atoms with Gasteiger partial charge < -0.3 is 15.3 Å². The fourth-order valence-corrected chi connectivity index (χ4v) is 2.61. The van der Waals surface area contributed by atoms with Gasteiger partial charge in [0, 0.05) is 43.7 Å². The van der Waals surface area contributed by atoms with Crippen molar-refractivity contribution in [3.05, 3.63) is 45.9 Å². The monoisotopic (exact) mass is 319 g/mol. The molecular formula is C15H17N3O3S. The van der Waals surface area contributed by atoms with Crippen LogP contribution in [0.5, 0.6) is 0 Å². The van der Waals surface area contributed by atoms with Gasteiger partial charge >= 0.3 is 5.97 Å². The van der Waals surface area contributed by atoms with Gasteiger partial charge in [0.05, 0.1) is 5.01 Å². The normalized spacial score (nSPS) is 10.3. The van der Waals surface area contributed by atoms with E-state index >= 15 is 0 Å². The first-order chi connectivity index (χ1) is 10.5. The van der Waals surface area contributed by atoms with Crippen molar-refractivity contribution < 1.29 is 14.7 Å². The van der Waals surface area contributed by atoms with E-state index in [0.29, 0.717) is 23.5 Å². The first-order valence-corrected chi connectivity index (χ1v) is 7.58. The van der Waals surface area contributed by atoms with Gasteiger partial charge in [0.1, 0.15) is 0 Å². The number of amides is 1. The van der Waals surface area contributed by atoms with Crippen LogP contribution in [0.15, 0.2) is 29.6 Å². The van der Waals surface area contributed by atoms with Crippen LogP contribution in [0.25, 0.3) is 0 Å². The number of carbonyl (C=O) groups excluding carboxylic acids is 1. The van der Waals surface area contributed by atoms with E-state index in [-0.39, 0.29) is 11.6 Å². The molecule has 1 aromatic carbocycles. The van der Waals surface area contributed by atoms with Gasteiger partial charge in [-0.2, -0.15) is 0 Å². The Bertz CT molecular complexity index is 682. The zero-order chi connectivity index (χ0) is 16.1. The maximum absolute atomic E-state index is 12.1. The van der Waals surface area contributed by atoms with Crippen LogP contribution in [0.1, 0.15) is 25.9 Å². The van der Waals surface area contributed by atoms with Crippen molar-refractivity contribution in [1.82, 2.24) is 10.3 Å². The number of rotatable bonds is 6. The number of hydrogen-bond acceptors (Lipinski definition) is 5. The zero-order valence-electron chi connectivity index (χ0n) is 12.4. The number of anilines is 1. The van der Waals surface area contributed by atoms with Gasteiger partial charge in [0.25, 0.3) is 5.91 Å². The predicted molar refractivity (Wildman–Crippen MR) is 85.9 cm³/mol. The molecule has 116 valence electrons. The van der Waals surface area contributed by atoms with Crippen LogP contribution in [0.2, 0.25) is 0 Å². The number of carbonyl (C=O) groups is 2. The van der Waals surface area contributed by atoms with Crippen LogP contribution in [-0.2, 0) is 6.42 Å². The number of benzene rings is 1. The minimum Gasteiger partial charge on any atom is -0.476 e. The maximum Gasteiger partial charge on any atom is 0.355 e. The van der Waals surface area contributed by atoms with Crippen LogP contribution >= 0.6 is 11.3 Å². The average Bonchev–Trinajstić information content (AvgIpc) is 2.96. The molecule has 0 aliphatic rings. The Balaban J connectivity index is 1.89.